The van der Waals surface area contributed by atoms with E-state index in [9.17, 15) is 9.18 Å². The van der Waals surface area contributed by atoms with Crippen molar-refractivity contribution in [2.75, 3.05) is 20.2 Å². The molecular formula is C8H14FNO2. The lowest BCUT2D eigenvalue weighted by Gasteiger charge is -2.21. The Labute approximate surface area is 71.3 Å². The number of alkyl halides is 1. The molecule has 0 radical (unpaired) electrons. The lowest BCUT2D eigenvalue weighted by Crippen LogP contribution is -2.42. The second-order valence-electron chi connectivity index (χ2n) is 3.09. The van der Waals surface area contributed by atoms with Gasteiger partial charge in [0.05, 0.1) is 7.11 Å². The van der Waals surface area contributed by atoms with E-state index in [4.69, 9.17) is 0 Å². The highest BCUT2D eigenvalue weighted by molar-refractivity contribution is 5.80. The number of halogens is 1. The van der Waals surface area contributed by atoms with Gasteiger partial charge in [-0.3, -0.25) is 0 Å². The van der Waals surface area contributed by atoms with Gasteiger partial charge in [0.25, 0.3) is 0 Å². The Morgan fingerprint density at radius 1 is 1.83 bits per heavy atom. The molecule has 12 heavy (non-hydrogen) atoms. The average molecular weight is 175 g/mol. The first-order valence-corrected chi connectivity index (χ1v) is 4.13. The van der Waals surface area contributed by atoms with Crippen molar-refractivity contribution in [2.24, 2.45) is 5.92 Å². The van der Waals surface area contributed by atoms with Crippen LogP contribution in [-0.4, -0.2) is 31.8 Å². The minimum Gasteiger partial charge on any atom is -0.467 e. The van der Waals surface area contributed by atoms with Crippen molar-refractivity contribution in [2.45, 2.75) is 19.0 Å². The average Bonchev–Trinajstić information content (AvgIpc) is 2.46. The molecule has 3 nitrogen and oxygen atoms in total. The van der Waals surface area contributed by atoms with Gasteiger partial charge in [0.15, 0.2) is 0 Å². The third kappa shape index (κ3) is 1.31. The summed E-state index contributed by atoms with van der Waals surface area (Å²) in [6, 6.07) is 0. The highest BCUT2D eigenvalue weighted by atomic mass is 19.1. The number of carbonyl (C=O) groups is 1. The van der Waals surface area contributed by atoms with Gasteiger partial charge in [-0.15, -0.1) is 0 Å². The van der Waals surface area contributed by atoms with Crippen molar-refractivity contribution in [3.05, 3.63) is 0 Å². The second kappa shape index (κ2) is 3.39. The predicted molar refractivity (Wildman–Crippen MR) is 42.5 cm³/mol. The number of carbonyl (C=O) groups excluding carboxylic acids is 1. The molecule has 1 aliphatic heterocycles. The number of rotatable bonds is 2. The van der Waals surface area contributed by atoms with E-state index < -0.39 is 11.6 Å². The summed E-state index contributed by atoms with van der Waals surface area (Å²) in [6.45, 7) is 2.51. The summed E-state index contributed by atoms with van der Waals surface area (Å²) < 4.78 is 18.2. The van der Waals surface area contributed by atoms with Gasteiger partial charge in [0.2, 0.25) is 5.67 Å². The molecule has 0 saturated carbocycles. The van der Waals surface area contributed by atoms with Crippen LogP contribution >= 0.6 is 0 Å². The van der Waals surface area contributed by atoms with Crippen molar-refractivity contribution in [3.8, 4) is 0 Å². The third-order valence-corrected chi connectivity index (χ3v) is 2.44. The summed E-state index contributed by atoms with van der Waals surface area (Å²) in [7, 11) is 1.22. The summed E-state index contributed by atoms with van der Waals surface area (Å²) in [5.41, 5.74) is -1.80. The van der Waals surface area contributed by atoms with Crippen LogP contribution in [0.25, 0.3) is 0 Å². The molecule has 70 valence electrons. The molecule has 1 rings (SSSR count). The van der Waals surface area contributed by atoms with Crippen LogP contribution in [0.4, 0.5) is 4.39 Å². The van der Waals surface area contributed by atoms with Gasteiger partial charge in [0.1, 0.15) is 0 Å². The standard InChI is InChI=1S/C8H14FNO2/c1-3-6-4-10-5-8(6,9)7(11)12-2/h6,10H,3-5H2,1-2H3/t6-,8+/m1/s1. The van der Waals surface area contributed by atoms with E-state index in [-0.39, 0.29) is 12.5 Å². The molecule has 2 atom stereocenters. The molecule has 4 heteroatoms. The lowest BCUT2D eigenvalue weighted by atomic mass is 9.91. The van der Waals surface area contributed by atoms with Crippen LogP contribution in [0.1, 0.15) is 13.3 Å². The van der Waals surface area contributed by atoms with Gasteiger partial charge in [-0.1, -0.05) is 6.92 Å². The van der Waals surface area contributed by atoms with Gasteiger partial charge in [-0.2, -0.15) is 0 Å². The molecule has 1 aliphatic rings. The molecule has 0 amide bonds. The van der Waals surface area contributed by atoms with Crippen LogP contribution in [0, 0.1) is 5.92 Å². The summed E-state index contributed by atoms with van der Waals surface area (Å²) in [5.74, 6) is -0.996. The summed E-state index contributed by atoms with van der Waals surface area (Å²) >= 11 is 0. The molecule has 0 aromatic rings. The number of ether oxygens (including phenoxy) is 1. The number of hydrogen-bond donors (Lipinski definition) is 1. The molecule has 0 aromatic carbocycles. The largest absolute Gasteiger partial charge is 0.467 e. The fourth-order valence-corrected chi connectivity index (χ4v) is 1.61. The Morgan fingerprint density at radius 2 is 2.50 bits per heavy atom. The lowest BCUT2D eigenvalue weighted by molar-refractivity contribution is -0.156. The highest BCUT2D eigenvalue weighted by Crippen LogP contribution is 2.30. The van der Waals surface area contributed by atoms with Crippen LogP contribution in [-0.2, 0) is 9.53 Å². The SMILES string of the molecule is CC[C@@H]1CNC[C@@]1(F)C(=O)OC. The molecule has 1 N–H and O–H groups in total. The maximum atomic E-state index is 13.8. The molecule has 0 aliphatic carbocycles. The van der Waals surface area contributed by atoms with Gasteiger partial charge >= 0.3 is 5.97 Å². The predicted octanol–water partition coefficient (Wildman–Crippen LogP) is 0.497. The van der Waals surface area contributed by atoms with Crippen LogP contribution in [0.3, 0.4) is 0 Å². The Morgan fingerprint density at radius 3 is 3.00 bits per heavy atom. The summed E-state index contributed by atoms with van der Waals surface area (Å²) in [4.78, 5) is 11.1. The van der Waals surface area contributed by atoms with Crippen molar-refractivity contribution in [3.63, 3.8) is 0 Å². The second-order valence-corrected chi connectivity index (χ2v) is 3.09. The Balaban J connectivity index is 2.74. The van der Waals surface area contributed by atoms with E-state index >= 15 is 0 Å². The fraction of sp³-hybridized carbons (Fsp3) is 0.875. The molecule has 1 saturated heterocycles. The minimum atomic E-state index is -1.80. The normalized spacial score (nSPS) is 35.1. The van der Waals surface area contributed by atoms with E-state index in [1.807, 2.05) is 6.92 Å². The van der Waals surface area contributed by atoms with Gasteiger partial charge < -0.3 is 10.1 Å². The first kappa shape index (κ1) is 9.45. The van der Waals surface area contributed by atoms with Gasteiger partial charge in [0, 0.05) is 19.0 Å². The van der Waals surface area contributed by atoms with E-state index in [0.29, 0.717) is 13.0 Å². The Bertz CT molecular complexity index is 186. The monoisotopic (exact) mass is 175 g/mol. The topological polar surface area (TPSA) is 38.3 Å². The molecule has 1 heterocycles. The molecule has 0 bridgehead atoms. The maximum Gasteiger partial charge on any atom is 0.345 e. The van der Waals surface area contributed by atoms with Crippen molar-refractivity contribution in [1.29, 1.82) is 0 Å². The Hall–Kier alpha value is -0.640. The van der Waals surface area contributed by atoms with Gasteiger partial charge in [-0.05, 0) is 6.42 Å². The Kier molecular flexibility index (Phi) is 2.67. The minimum absolute atomic E-state index is 0.0815. The maximum absolute atomic E-state index is 13.8. The zero-order valence-corrected chi connectivity index (χ0v) is 7.39. The van der Waals surface area contributed by atoms with Gasteiger partial charge in [-0.25, -0.2) is 9.18 Å². The molecular weight excluding hydrogens is 161 g/mol. The van der Waals surface area contributed by atoms with Crippen LogP contribution < -0.4 is 5.32 Å². The quantitative estimate of drug-likeness (QED) is 0.621. The highest BCUT2D eigenvalue weighted by Gasteiger charge is 2.49. The molecule has 0 spiro atoms. The van der Waals surface area contributed by atoms with Crippen LogP contribution in [0.5, 0.6) is 0 Å². The van der Waals surface area contributed by atoms with Crippen molar-refractivity contribution < 1.29 is 13.9 Å². The summed E-state index contributed by atoms with van der Waals surface area (Å²) in [6.07, 6.45) is 0.651. The van der Waals surface area contributed by atoms with Crippen molar-refractivity contribution >= 4 is 5.97 Å². The number of esters is 1. The first-order chi connectivity index (χ1) is 5.65. The van der Waals surface area contributed by atoms with E-state index in [1.165, 1.54) is 7.11 Å². The molecule has 0 aromatic heterocycles. The number of methoxy groups -OCH3 is 1. The van der Waals surface area contributed by atoms with E-state index in [2.05, 4.69) is 10.1 Å². The third-order valence-electron chi connectivity index (χ3n) is 2.44. The zero-order valence-electron chi connectivity index (χ0n) is 7.39. The van der Waals surface area contributed by atoms with Crippen molar-refractivity contribution in [1.82, 2.24) is 5.32 Å². The van der Waals surface area contributed by atoms with E-state index in [1.54, 1.807) is 0 Å². The molecule has 0 unspecified atom stereocenters. The number of nitrogens with one attached hydrogen (secondary N) is 1. The van der Waals surface area contributed by atoms with Crippen LogP contribution in [0.15, 0.2) is 0 Å². The smallest absolute Gasteiger partial charge is 0.345 e. The zero-order chi connectivity index (χ0) is 9.19. The fourth-order valence-electron chi connectivity index (χ4n) is 1.61. The summed E-state index contributed by atoms with van der Waals surface area (Å²) in [5, 5.41) is 2.85. The first-order valence-electron chi connectivity index (χ1n) is 4.13. The number of hydrogen-bond acceptors (Lipinski definition) is 3. The van der Waals surface area contributed by atoms with E-state index in [0.717, 1.165) is 0 Å². The van der Waals surface area contributed by atoms with Crippen LogP contribution in [0.2, 0.25) is 0 Å². The molecule has 1 fully saturated rings.